The third kappa shape index (κ3) is 4.05. The van der Waals surface area contributed by atoms with Gasteiger partial charge in [0.1, 0.15) is 11.4 Å². The number of ether oxygens (including phenoxy) is 1. The zero-order valence-corrected chi connectivity index (χ0v) is 15.4. The summed E-state index contributed by atoms with van der Waals surface area (Å²) in [6, 6.07) is 3.07. The molecule has 27 heavy (non-hydrogen) atoms. The van der Waals surface area contributed by atoms with Crippen LogP contribution in [0, 0.1) is 11.7 Å². The Balaban J connectivity index is 1.74. The van der Waals surface area contributed by atoms with Crippen molar-refractivity contribution < 1.29 is 27.1 Å². The highest BCUT2D eigenvalue weighted by Crippen LogP contribution is 2.57. The average Bonchev–Trinajstić information content (AvgIpc) is 3.15. The number of rotatable bonds is 5. The molecule has 3 rings (SSSR count). The number of alkyl carbamates (subject to hydrolysis) is 1. The lowest BCUT2D eigenvalue weighted by Gasteiger charge is -2.23. The molecule has 0 aromatic heterocycles. The van der Waals surface area contributed by atoms with Crippen LogP contribution in [-0.2, 0) is 16.5 Å². The summed E-state index contributed by atoms with van der Waals surface area (Å²) in [5.41, 5.74) is -2.26. The van der Waals surface area contributed by atoms with Crippen LogP contribution in [0.25, 0.3) is 0 Å². The van der Waals surface area contributed by atoms with Crippen molar-refractivity contribution >= 4 is 6.09 Å². The smallest absolute Gasteiger partial charge is 0.419 e. The Morgan fingerprint density at radius 2 is 2.15 bits per heavy atom. The highest BCUT2D eigenvalue weighted by Gasteiger charge is 2.58. The van der Waals surface area contributed by atoms with Crippen LogP contribution >= 0.6 is 0 Å². The molecule has 1 saturated carbocycles. The van der Waals surface area contributed by atoms with Gasteiger partial charge in [0.25, 0.3) is 0 Å². The maximum atomic E-state index is 13.6. The minimum Gasteiger partial charge on any atom is -0.438 e. The topological polar surface area (TPSA) is 41.6 Å². The van der Waals surface area contributed by atoms with Crippen molar-refractivity contribution in [3.05, 3.63) is 35.1 Å². The maximum absolute atomic E-state index is 13.6. The fourth-order valence-electron chi connectivity index (χ4n) is 3.96. The molecule has 1 aromatic carbocycles. The van der Waals surface area contributed by atoms with Gasteiger partial charge < -0.3 is 15.0 Å². The third-order valence-electron chi connectivity index (χ3n) is 5.73. The van der Waals surface area contributed by atoms with Crippen LogP contribution < -0.4 is 5.32 Å². The number of hydrogen-bond acceptors (Lipinski definition) is 3. The molecular weight excluding hydrogens is 364 g/mol. The number of alkyl halides is 3. The number of carbonyl (C=O) groups excluding carboxylic acids is 1. The second-order valence-electron chi connectivity index (χ2n) is 7.44. The summed E-state index contributed by atoms with van der Waals surface area (Å²) < 4.78 is 58.3. The molecule has 2 fully saturated rings. The molecule has 2 unspecified atom stereocenters. The van der Waals surface area contributed by atoms with E-state index in [0.717, 1.165) is 31.5 Å². The molecule has 0 spiro atoms. The van der Waals surface area contributed by atoms with Gasteiger partial charge in [0.05, 0.1) is 5.56 Å². The average molecular weight is 388 g/mol. The number of likely N-dealkylation sites (N-methyl/N-ethyl adjacent to an activating group) is 1. The monoisotopic (exact) mass is 388 g/mol. The maximum Gasteiger partial charge on any atom is 0.419 e. The van der Waals surface area contributed by atoms with Gasteiger partial charge in [-0.3, -0.25) is 0 Å². The lowest BCUT2D eigenvalue weighted by molar-refractivity contribution is -0.140. The van der Waals surface area contributed by atoms with Crippen molar-refractivity contribution in [3.63, 3.8) is 0 Å². The van der Waals surface area contributed by atoms with Crippen molar-refractivity contribution in [2.24, 2.45) is 5.92 Å². The molecule has 150 valence electrons. The largest absolute Gasteiger partial charge is 0.438 e. The van der Waals surface area contributed by atoms with Crippen LogP contribution in [0.5, 0.6) is 0 Å². The normalized spacial score (nSPS) is 28.2. The van der Waals surface area contributed by atoms with Gasteiger partial charge in [-0.1, -0.05) is 13.0 Å². The van der Waals surface area contributed by atoms with E-state index in [9.17, 15) is 22.4 Å². The third-order valence-corrected chi connectivity index (χ3v) is 5.73. The van der Waals surface area contributed by atoms with E-state index in [1.54, 1.807) is 0 Å². The number of nitrogens with zero attached hydrogens (tertiary/aromatic N) is 1. The van der Waals surface area contributed by atoms with Gasteiger partial charge >= 0.3 is 12.3 Å². The van der Waals surface area contributed by atoms with Gasteiger partial charge in [-0.15, -0.1) is 0 Å². The van der Waals surface area contributed by atoms with E-state index in [4.69, 9.17) is 4.74 Å². The number of likely N-dealkylation sites (tertiary alicyclic amines) is 1. The molecule has 1 aliphatic heterocycles. The van der Waals surface area contributed by atoms with E-state index in [2.05, 4.69) is 10.2 Å². The zero-order valence-electron chi connectivity index (χ0n) is 15.4. The Bertz CT molecular complexity index is 709. The fraction of sp³-hybridized carbons (Fsp3) is 0.632. The van der Waals surface area contributed by atoms with E-state index >= 15 is 0 Å². The molecule has 3 atom stereocenters. The first-order chi connectivity index (χ1) is 12.7. The molecule has 1 N–H and O–H groups in total. The van der Waals surface area contributed by atoms with Gasteiger partial charge in [0, 0.05) is 18.5 Å². The predicted octanol–water partition coefficient (Wildman–Crippen LogP) is 4.29. The molecule has 0 bridgehead atoms. The number of benzene rings is 1. The summed E-state index contributed by atoms with van der Waals surface area (Å²) >= 11 is 0. The van der Waals surface area contributed by atoms with Crippen molar-refractivity contribution in [3.8, 4) is 0 Å². The highest BCUT2D eigenvalue weighted by atomic mass is 19.4. The quantitative estimate of drug-likeness (QED) is 0.765. The van der Waals surface area contributed by atoms with Crippen LogP contribution in [0.4, 0.5) is 22.4 Å². The summed E-state index contributed by atoms with van der Waals surface area (Å²) in [7, 11) is 1.98. The second kappa shape index (κ2) is 7.30. The zero-order chi connectivity index (χ0) is 19.8. The van der Waals surface area contributed by atoms with Crippen LogP contribution in [-0.4, -0.2) is 37.2 Å². The molecule has 4 nitrogen and oxygen atoms in total. The standard InChI is InChI=1S/C19H24F4N2O2/c1-3-12-10-18(12,13-6-7-16(20)15(9-13)19(21,22)23)27-17(26)24-11-14-5-4-8-25(14)2/h6-7,9,12,14H,3-5,8,10-11H2,1-2H3,(H,24,26)/t12?,14?,18-/m0/s1. The van der Waals surface area contributed by atoms with E-state index in [1.807, 2.05) is 14.0 Å². The summed E-state index contributed by atoms with van der Waals surface area (Å²) in [6.45, 7) is 3.29. The Hall–Kier alpha value is -1.83. The molecule has 1 saturated heterocycles. The predicted molar refractivity (Wildman–Crippen MR) is 91.6 cm³/mol. The van der Waals surface area contributed by atoms with Crippen molar-refractivity contribution in [1.29, 1.82) is 0 Å². The van der Waals surface area contributed by atoms with Crippen molar-refractivity contribution in [2.75, 3.05) is 20.1 Å². The first-order valence-electron chi connectivity index (χ1n) is 9.21. The first-order valence-corrected chi connectivity index (χ1v) is 9.21. The Labute approximate surface area is 155 Å². The fourth-order valence-corrected chi connectivity index (χ4v) is 3.96. The van der Waals surface area contributed by atoms with E-state index < -0.39 is 29.3 Å². The van der Waals surface area contributed by atoms with Crippen LogP contribution in [0.2, 0.25) is 0 Å². The number of hydrogen-bond donors (Lipinski definition) is 1. The minimum absolute atomic E-state index is 0.0797. The van der Waals surface area contributed by atoms with Gasteiger partial charge in [0.15, 0.2) is 0 Å². The van der Waals surface area contributed by atoms with Crippen LogP contribution in [0.1, 0.15) is 43.7 Å². The summed E-state index contributed by atoms with van der Waals surface area (Å²) in [4.78, 5) is 14.4. The number of nitrogens with one attached hydrogen (secondary N) is 1. The highest BCUT2D eigenvalue weighted by molar-refractivity contribution is 5.68. The number of carbonyl (C=O) groups is 1. The Morgan fingerprint density at radius 1 is 1.41 bits per heavy atom. The summed E-state index contributed by atoms with van der Waals surface area (Å²) in [5.74, 6) is -1.41. The molecule has 8 heteroatoms. The second-order valence-corrected chi connectivity index (χ2v) is 7.44. The molecule has 1 aliphatic carbocycles. The molecule has 0 radical (unpaired) electrons. The summed E-state index contributed by atoms with van der Waals surface area (Å²) in [6.07, 6.45) is -2.32. The van der Waals surface area contributed by atoms with Gasteiger partial charge in [-0.2, -0.15) is 13.2 Å². The van der Waals surface area contributed by atoms with Crippen molar-refractivity contribution in [2.45, 2.75) is 50.4 Å². The van der Waals surface area contributed by atoms with Gasteiger partial charge in [-0.05, 0) is 57.0 Å². The SMILES string of the molecule is CCC1C[C@@]1(OC(=O)NCC1CCCN1C)c1ccc(F)c(C(F)(F)F)c1. The lowest BCUT2D eigenvalue weighted by atomic mass is 10.0. The van der Waals surface area contributed by atoms with E-state index in [1.165, 1.54) is 6.07 Å². The number of halogens is 4. The van der Waals surface area contributed by atoms with Crippen molar-refractivity contribution in [1.82, 2.24) is 10.2 Å². The Kier molecular flexibility index (Phi) is 5.38. The summed E-state index contributed by atoms with van der Waals surface area (Å²) in [5, 5.41) is 2.72. The first kappa shape index (κ1) is 19.9. The van der Waals surface area contributed by atoms with Gasteiger partial charge in [0.2, 0.25) is 0 Å². The molecule has 1 heterocycles. The van der Waals surface area contributed by atoms with E-state index in [0.29, 0.717) is 19.4 Å². The number of amides is 1. The van der Waals surface area contributed by atoms with E-state index in [-0.39, 0.29) is 17.5 Å². The van der Waals surface area contributed by atoms with Gasteiger partial charge in [-0.25, -0.2) is 9.18 Å². The lowest BCUT2D eigenvalue weighted by Crippen LogP contribution is -2.39. The molecule has 1 amide bonds. The molecular formula is C19H24F4N2O2. The van der Waals surface area contributed by atoms with Crippen LogP contribution in [0.3, 0.4) is 0 Å². The van der Waals surface area contributed by atoms with Crippen LogP contribution in [0.15, 0.2) is 18.2 Å². The minimum atomic E-state index is -4.80. The molecule has 2 aliphatic rings. The Morgan fingerprint density at radius 3 is 2.70 bits per heavy atom. The molecule has 1 aromatic rings.